The van der Waals surface area contributed by atoms with Gasteiger partial charge >= 0.3 is 5.97 Å². The Morgan fingerprint density at radius 3 is 2.73 bits per heavy atom. The summed E-state index contributed by atoms with van der Waals surface area (Å²) in [6.07, 6.45) is 11.9. The highest BCUT2D eigenvalue weighted by Crippen LogP contribution is 2.37. The van der Waals surface area contributed by atoms with E-state index in [1.54, 1.807) is 42.5 Å². The molecule has 3 rings (SSSR count). The molecule has 0 spiro atoms. The normalized spacial score (nSPS) is 22.2. The zero-order valence-electron chi connectivity index (χ0n) is 14.3. The van der Waals surface area contributed by atoms with Crippen LogP contribution in [-0.4, -0.2) is 30.5 Å². The summed E-state index contributed by atoms with van der Waals surface area (Å²) in [5, 5.41) is 9.22. The minimum absolute atomic E-state index is 0.238. The molecule has 2 aliphatic carbocycles. The third kappa shape index (κ3) is 3.42. The topological polar surface area (TPSA) is 71.4 Å². The number of carboxylic acid groups (broad SMARTS) is 1. The quantitative estimate of drug-likeness (QED) is 0.857. The van der Waals surface area contributed by atoms with E-state index in [-0.39, 0.29) is 6.42 Å². The van der Waals surface area contributed by atoms with Gasteiger partial charge in [0.2, 0.25) is 0 Å². The van der Waals surface area contributed by atoms with Crippen LogP contribution in [-0.2, 0) is 21.1 Å². The average Bonchev–Trinajstić information content (AvgIpc) is 2.89. The fourth-order valence-electron chi connectivity index (χ4n) is 3.37. The van der Waals surface area contributed by atoms with Crippen molar-refractivity contribution < 1.29 is 22.7 Å². The van der Waals surface area contributed by atoms with Crippen molar-refractivity contribution in [3.05, 3.63) is 77.2 Å². The fourth-order valence-corrected chi connectivity index (χ4v) is 4.41. The molecule has 0 aliphatic heterocycles. The van der Waals surface area contributed by atoms with Crippen molar-refractivity contribution in [3.8, 4) is 0 Å². The van der Waals surface area contributed by atoms with Crippen molar-refractivity contribution >= 4 is 21.4 Å². The minimum atomic E-state index is -3.42. The molecule has 1 unspecified atom stereocenters. The van der Waals surface area contributed by atoms with Crippen LogP contribution in [0, 0.1) is 5.82 Å². The molecule has 0 aromatic heterocycles. The summed E-state index contributed by atoms with van der Waals surface area (Å²) in [4.78, 5) is 11.3. The Hall–Kier alpha value is -2.47. The van der Waals surface area contributed by atoms with E-state index in [0.29, 0.717) is 29.6 Å². The number of fused-ring (bicyclic) bond motifs is 1. The number of carbonyl (C=O) groups is 1. The highest BCUT2D eigenvalue weighted by molar-refractivity contribution is 7.92. The summed E-state index contributed by atoms with van der Waals surface area (Å²) in [5.41, 5.74) is 2.66. The minimum Gasteiger partial charge on any atom is -0.481 e. The number of carboxylic acids is 1. The first-order chi connectivity index (χ1) is 12.2. The lowest BCUT2D eigenvalue weighted by atomic mass is 9.96. The third-order valence-corrected chi connectivity index (χ3v) is 6.63. The second-order valence-electron chi connectivity index (χ2n) is 6.60. The van der Waals surface area contributed by atoms with Crippen LogP contribution in [0.15, 0.2) is 60.2 Å². The Bertz CT molecular complexity index is 983. The van der Waals surface area contributed by atoms with Gasteiger partial charge in [0.05, 0.1) is 6.42 Å². The van der Waals surface area contributed by atoms with Gasteiger partial charge < -0.3 is 5.11 Å². The maximum absolute atomic E-state index is 13.6. The largest absolute Gasteiger partial charge is 0.481 e. The summed E-state index contributed by atoms with van der Waals surface area (Å²) in [7, 11) is -3.42. The molecule has 0 heterocycles. The molecule has 6 heteroatoms. The molecule has 26 heavy (non-hydrogen) atoms. The van der Waals surface area contributed by atoms with Crippen molar-refractivity contribution in [3.63, 3.8) is 0 Å². The van der Waals surface area contributed by atoms with Crippen LogP contribution < -0.4 is 0 Å². The number of rotatable bonds is 5. The monoisotopic (exact) mass is 374 g/mol. The highest BCUT2D eigenvalue weighted by atomic mass is 32.2. The fraction of sp³-hybridized carbons (Fsp3) is 0.250. The molecule has 1 aromatic rings. The Morgan fingerprint density at radius 1 is 1.35 bits per heavy atom. The molecule has 1 atom stereocenters. The van der Waals surface area contributed by atoms with E-state index in [9.17, 15) is 22.7 Å². The van der Waals surface area contributed by atoms with Gasteiger partial charge in [-0.25, -0.2) is 12.8 Å². The van der Waals surface area contributed by atoms with Crippen LogP contribution in [0.1, 0.15) is 24.0 Å². The molecule has 136 valence electrons. The number of sulfone groups is 1. The first-order valence-corrected chi connectivity index (χ1v) is 10.1. The smallest absolute Gasteiger partial charge is 0.307 e. The van der Waals surface area contributed by atoms with Crippen molar-refractivity contribution in [2.24, 2.45) is 0 Å². The first kappa shape index (κ1) is 18.3. The standard InChI is InChI=1S/C20H19FO4S/c1-26(24,25)20(8-3-2-4-9-20)10-7-15-11-14-5-6-16(21)12-17(14)18(15)13-19(22)23/h2-8,10,12H,9,11,13H2,1H3,(H,22,23). The Labute approximate surface area is 152 Å². The zero-order chi connectivity index (χ0) is 18.9. The van der Waals surface area contributed by atoms with Gasteiger partial charge in [-0.15, -0.1) is 0 Å². The van der Waals surface area contributed by atoms with Crippen LogP contribution in [0.3, 0.4) is 0 Å². The predicted octanol–water partition coefficient (Wildman–Crippen LogP) is 3.47. The summed E-state index contributed by atoms with van der Waals surface area (Å²) in [6, 6.07) is 4.32. The molecule has 0 bridgehead atoms. The van der Waals surface area contributed by atoms with Crippen LogP contribution >= 0.6 is 0 Å². The second-order valence-corrected chi connectivity index (χ2v) is 8.91. The van der Waals surface area contributed by atoms with Gasteiger partial charge in [0, 0.05) is 6.26 Å². The number of hydrogen-bond acceptors (Lipinski definition) is 3. The van der Waals surface area contributed by atoms with Crippen molar-refractivity contribution in [2.45, 2.75) is 24.0 Å². The second kappa shape index (κ2) is 6.68. The van der Waals surface area contributed by atoms with Crippen molar-refractivity contribution in [2.75, 3.05) is 6.26 Å². The van der Waals surface area contributed by atoms with Gasteiger partial charge in [0.25, 0.3) is 0 Å². The molecule has 4 nitrogen and oxygen atoms in total. The van der Waals surface area contributed by atoms with Crippen LogP contribution in [0.25, 0.3) is 5.57 Å². The SMILES string of the molecule is CS(=O)(=O)C1(C=CC2=C(CC(=O)O)c3cc(F)ccc3C2)C=CC=CC1. The van der Waals surface area contributed by atoms with Gasteiger partial charge in [0.1, 0.15) is 10.6 Å². The summed E-state index contributed by atoms with van der Waals surface area (Å²) >= 11 is 0. The van der Waals surface area contributed by atoms with Gasteiger partial charge in [-0.2, -0.15) is 0 Å². The van der Waals surface area contributed by atoms with E-state index in [1.807, 2.05) is 0 Å². The molecular weight excluding hydrogens is 355 g/mol. The zero-order valence-corrected chi connectivity index (χ0v) is 15.1. The number of halogens is 1. The molecule has 1 aromatic carbocycles. The van der Waals surface area contributed by atoms with Crippen LogP contribution in [0.2, 0.25) is 0 Å². The molecule has 0 fully saturated rings. The third-order valence-electron chi connectivity index (χ3n) is 4.81. The molecule has 2 aliphatic rings. The summed E-state index contributed by atoms with van der Waals surface area (Å²) in [6.45, 7) is 0. The van der Waals surface area contributed by atoms with Gasteiger partial charge in [-0.3, -0.25) is 4.79 Å². The molecule has 0 saturated carbocycles. The maximum atomic E-state index is 13.6. The van der Waals surface area contributed by atoms with Gasteiger partial charge in [-0.05, 0) is 47.2 Å². The molecular formula is C20H19FO4S. The molecule has 1 N–H and O–H groups in total. The molecule has 0 saturated heterocycles. The lowest BCUT2D eigenvalue weighted by Gasteiger charge is -2.25. The molecule has 0 amide bonds. The summed E-state index contributed by atoms with van der Waals surface area (Å²) in [5.74, 6) is -1.44. The van der Waals surface area contributed by atoms with Gasteiger partial charge in [-0.1, -0.05) is 42.5 Å². The van der Waals surface area contributed by atoms with Crippen molar-refractivity contribution in [1.29, 1.82) is 0 Å². The van der Waals surface area contributed by atoms with E-state index in [0.717, 1.165) is 5.56 Å². The molecule has 0 radical (unpaired) electrons. The number of allylic oxidation sites excluding steroid dienone is 5. The lowest BCUT2D eigenvalue weighted by molar-refractivity contribution is -0.135. The van der Waals surface area contributed by atoms with E-state index in [2.05, 4.69) is 0 Å². The Kier molecular flexibility index (Phi) is 4.71. The number of aliphatic carboxylic acids is 1. The van der Waals surface area contributed by atoms with Crippen LogP contribution in [0.4, 0.5) is 4.39 Å². The summed E-state index contributed by atoms with van der Waals surface area (Å²) < 4.78 is 37.1. The maximum Gasteiger partial charge on any atom is 0.307 e. The van der Waals surface area contributed by atoms with Gasteiger partial charge in [0.15, 0.2) is 9.84 Å². The van der Waals surface area contributed by atoms with E-state index >= 15 is 0 Å². The highest BCUT2D eigenvalue weighted by Gasteiger charge is 2.35. The van der Waals surface area contributed by atoms with E-state index < -0.39 is 26.4 Å². The van der Waals surface area contributed by atoms with E-state index in [1.165, 1.54) is 18.4 Å². The first-order valence-electron chi connectivity index (χ1n) is 8.18. The number of benzene rings is 1. The predicted molar refractivity (Wildman–Crippen MR) is 98.9 cm³/mol. The van der Waals surface area contributed by atoms with Crippen molar-refractivity contribution in [1.82, 2.24) is 0 Å². The lowest BCUT2D eigenvalue weighted by Crippen LogP contribution is -2.34. The van der Waals surface area contributed by atoms with E-state index in [4.69, 9.17) is 0 Å². The Morgan fingerprint density at radius 2 is 2.12 bits per heavy atom. The number of hydrogen-bond donors (Lipinski definition) is 1. The Balaban J connectivity index is 2.05. The van der Waals surface area contributed by atoms with Crippen LogP contribution in [0.5, 0.6) is 0 Å². The average molecular weight is 374 g/mol.